The number of guanidine groups is 1. The number of hydrogen-bond acceptors (Lipinski definition) is 4. The van der Waals surface area contributed by atoms with Crippen LogP contribution < -0.4 is 10.9 Å². The van der Waals surface area contributed by atoms with Crippen molar-refractivity contribution in [2.75, 3.05) is 32.5 Å². The molecule has 1 aliphatic rings. The van der Waals surface area contributed by atoms with E-state index in [4.69, 9.17) is 9.73 Å². The number of amides is 1. The standard InChI is InChI=1S/C24H31F2N5O3/c1-24(2,3)34-23(33)30-14-12-16(13-15-30)27-22(29(4)5)28-19-10-7-11-20(32)31(19)21-17(25)8-6-9-18(21)26/h6-11,16H,12-15H2,1-5H3,(H,27,28). The maximum absolute atomic E-state index is 14.5. The van der Waals surface area contributed by atoms with Gasteiger partial charge in [0.25, 0.3) is 5.56 Å². The quantitative estimate of drug-likeness (QED) is 0.539. The molecule has 0 unspecified atom stereocenters. The minimum atomic E-state index is -0.853. The Morgan fingerprint density at radius 1 is 1.09 bits per heavy atom. The van der Waals surface area contributed by atoms with Crippen molar-refractivity contribution in [1.29, 1.82) is 0 Å². The molecule has 1 fully saturated rings. The molecule has 0 bridgehead atoms. The van der Waals surface area contributed by atoms with Crippen LogP contribution >= 0.6 is 0 Å². The van der Waals surface area contributed by atoms with Gasteiger partial charge in [0, 0.05) is 33.3 Å². The molecule has 0 saturated carbocycles. The SMILES string of the molecule is CN(C)C(=NC1CCN(C(=O)OC(C)(C)C)CC1)Nc1cccc(=O)n1-c1c(F)cccc1F. The average Bonchev–Trinajstić information content (AvgIpc) is 2.74. The summed E-state index contributed by atoms with van der Waals surface area (Å²) in [5.41, 5.74) is -1.60. The van der Waals surface area contributed by atoms with Gasteiger partial charge in [-0.25, -0.2) is 18.6 Å². The summed E-state index contributed by atoms with van der Waals surface area (Å²) in [5.74, 6) is -1.11. The fourth-order valence-corrected chi connectivity index (χ4v) is 3.57. The van der Waals surface area contributed by atoms with E-state index in [-0.39, 0.29) is 18.0 Å². The van der Waals surface area contributed by atoms with Gasteiger partial charge in [0.05, 0.1) is 6.04 Å². The highest BCUT2D eigenvalue weighted by Gasteiger charge is 2.27. The zero-order valence-corrected chi connectivity index (χ0v) is 20.1. The number of benzene rings is 1. The van der Waals surface area contributed by atoms with Gasteiger partial charge in [-0.05, 0) is 51.8 Å². The Labute approximate surface area is 197 Å². The summed E-state index contributed by atoms with van der Waals surface area (Å²) < 4.78 is 35.3. The second-order valence-electron chi connectivity index (χ2n) is 9.33. The van der Waals surface area contributed by atoms with E-state index in [0.717, 1.165) is 16.7 Å². The maximum atomic E-state index is 14.5. The van der Waals surface area contributed by atoms with Crippen LogP contribution in [-0.4, -0.2) is 65.2 Å². The summed E-state index contributed by atoms with van der Waals surface area (Å²) >= 11 is 0. The number of piperidine rings is 1. The third kappa shape index (κ3) is 6.12. The van der Waals surface area contributed by atoms with E-state index >= 15 is 0 Å². The number of aliphatic imine (C=N–C) groups is 1. The third-order valence-electron chi connectivity index (χ3n) is 5.20. The van der Waals surface area contributed by atoms with Gasteiger partial charge in [0.1, 0.15) is 28.7 Å². The van der Waals surface area contributed by atoms with Crippen LogP contribution in [0.2, 0.25) is 0 Å². The second-order valence-corrected chi connectivity index (χ2v) is 9.33. The number of pyridine rings is 1. The summed E-state index contributed by atoms with van der Waals surface area (Å²) in [6.07, 6.45) is 0.907. The van der Waals surface area contributed by atoms with E-state index in [1.54, 1.807) is 30.0 Å². The summed E-state index contributed by atoms with van der Waals surface area (Å²) in [7, 11) is 3.55. The van der Waals surface area contributed by atoms with E-state index in [2.05, 4.69) is 5.32 Å². The molecule has 1 N–H and O–H groups in total. The van der Waals surface area contributed by atoms with Crippen molar-refractivity contribution in [1.82, 2.24) is 14.4 Å². The number of nitrogens with zero attached hydrogens (tertiary/aromatic N) is 4. The van der Waals surface area contributed by atoms with E-state index in [0.29, 0.717) is 31.9 Å². The topological polar surface area (TPSA) is 79.2 Å². The molecule has 1 saturated heterocycles. The summed E-state index contributed by atoms with van der Waals surface area (Å²) in [5, 5.41) is 3.05. The molecule has 0 spiro atoms. The second kappa shape index (κ2) is 10.2. The molecule has 2 heterocycles. The van der Waals surface area contributed by atoms with E-state index in [1.807, 2.05) is 20.8 Å². The van der Waals surface area contributed by atoms with Crippen LogP contribution in [0, 0.1) is 11.6 Å². The van der Waals surface area contributed by atoms with Gasteiger partial charge >= 0.3 is 6.09 Å². The molecule has 1 amide bonds. The first-order chi connectivity index (χ1) is 16.0. The lowest BCUT2D eigenvalue weighted by molar-refractivity contribution is 0.0207. The molecule has 10 heteroatoms. The fourth-order valence-electron chi connectivity index (χ4n) is 3.57. The first kappa shape index (κ1) is 25.2. The molecular formula is C24H31F2N5O3. The van der Waals surface area contributed by atoms with Gasteiger partial charge in [-0.2, -0.15) is 0 Å². The highest BCUT2D eigenvalue weighted by atomic mass is 19.1. The zero-order valence-electron chi connectivity index (χ0n) is 20.1. The molecule has 1 aromatic carbocycles. The van der Waals surface area contributed by atoms with Crippen LogP contribution in [0.1, 0.15) is 33.6 Å². The van der Waals surface area contributed by atoms with Crippen molar-refractivity contribution in [3.8, 4) is 5.69 Å². The number of aromatic nitrogens is 1. The first-order valence-corrected chi connectivity index (χ1v) is 11.1. The van der Waals surface area contributed by atoms with Crippen molar-refractivity contribution in [2.24, 2.45) is 4.99 Å². The zero-order chi connectivity index (χ0) is 25.0. The number of halogens is 2. The van der Waals surface area contributed by atoms with Gasteiger partial charge in [-0.15, -0.1) is 0 Å². The van der Waals surface area contributed by atoms with E-state index in [9.17, 15) is 18.4 Å². The monoisotopic (exact) mass is 475 g/mol. The van der Waals surface area contributed by atoms with Gasteiger partial charge in [-0.1, -0.05) is 12.1 Å². The Balaban J connectivity index is 1.82. The summed E-state index contributed by atoms with van der Waals surface area (Å²) in [6, 6.07) is 7.64. The Morgan fingerprint density at radius 2 is 1.68 bits per heavy atom. The maximum Gasteiger partial charge on any atom is 0.410 e. The molecule has 184 valence electrons. The number of hydrogen-bond donors (Lipinski definition) is 1. The Bertz CT molecular complexity index is 1100. The van der Waals surface area contributed by atoms with Gasteiger partial charge < -0.3 is 19.9 Å². The van der Waals surface area contributed by atoms with E-state index < -0.39 is 28.5 Å². The summed E-state index contributed by atoms with van der Waals surface area (Å²) in [6.45, 7) is 6.48. The number of nitrogens with one attached hydrogen (secondary N) is 1. The van der Waals surface area contributed by atoms with Gasteiger partial charge in [0.2, 0.25) is 0 Å². The molecule has 8 nitrogen and oxygen atoms in total. The van der Waals surface area contributed by atoms with Crippen LogP contribution in [-0.2, 0) is 4.74 Å². The van der Waals surface area contributed by atoms with Crippen LogP contribution in [0.3, 0.4) is 0 Å². The van der Waals surface area contributed by atoms with Crippen molar-refractivity contribution in [3.05, 3.63) is 58.4 Å². The third-order valence-corrected chi connectivity index (χ3v) is 5.20. The molecule has 0 aliphatic carbocycles. The molecule has 0 radical (unpaired) electrons. The normalized spacial score (nSPS) is 15.3. The number of para-hydroxylation sites is 1. The predicted molar refractivity (Wildman–Crippen MR) is 128 cm³/mol. The lowest BCUT2D eigenvalue weighted by Crippen LogP contribution is -2.43. The lowest BCUT2D eigenvalue weighted by atomic mass is 10.1. The average molecular weight is 476 g/mol. The number of carbonyl (C=O) groups excluding carboxylic acids is 1. The predicted octanol–water partition coefficient (Wildman–Crippen LogP) is 3.84. The van der Waals surface area contributed by atoms with Gasteiger partial charge in [-0.3, -0.25) is 9.36 Å². The number of ether oxygens (including phenoxy) is 1. The minimum Gasteiger partial charge on any atom is -0.444 e. The van der Waals surface area contributed by atoms with Crippen LogP contribution in [0.15, 0.2) is 46.2 Å². The molecular weight excluding hydrogens is 444 g/mol. The highest BCUT2D eigenvalue weighted by molar-refractivity contribution is 5.93. The molecule has 34 heavy (non-hydrogen) atoms. The molecule has 3 rings (SSSR count). The smallest absolute Gasteiger partial charge is 0.410 e. The van der Waals surface area contributed by atoms with Crippen molar-refractivity contribution < 1.29 is 18.3 Å². The van der Waals surface area contributed by atoms with Crippen molar-refractivity contribution in [2.45, 2.75) is 45.3 Å². The largest absolute Gasteiger partial charge is 0.444 e. The first-order valence-electron chi connectivity index (χ1n) is 11.1. The molecule has 2 aromatic rings. The van der Waals surface area contributed by atoms with Crippen LogP contribution in [0.5, 0.6) is 0 Å². The Hall–Kier alpha value is -3.43. The van der Waals surface area contributed by atoms with Crippen LogP contribution in [0.25, 0.3) is 5.69 Å². The number of carbonyl (C=O) groups is 1. The van der Waals surface area contributed by atoms with Crippen LogP contribution in [0.4, 0.5) is 19.4 Å². The van der Waals surface area contributed by atoms with Gasteiger partial charge in [0.15, 0.2) is 5.96 Å². The Kier molecular flexibility index (Phi) is 7.58. The lowest BCUT2D eigenvalue weighted by Gasteiger charge is -2.32. The fraction of sp³-hybridized carbons (Fsp3) is 0.458. The number of anilines is 1. The number of likely N-dealkylation sites (tertiary alicyclic amines) is 1. The number of rotatable bonds is 3. The Morgan fingerprint density at radius 3 is 2.24 bits per heavy atom. The minimum absolute atomic E-state index is 0.0855. The molecule has 1 aliphatic heterocycles. The highest BCUT2D eigenvalue weighted by Crippen LogP contribution is 2.21. The van der Waals surface area contributed by atoms with E-state index in [1.165, 1.54) is 18.2 Å². The molecule has 1 aromatic heterocycles. The van der Waals surface area contributed by atoms with Crippen molar-refractivity contribution in [3.63, 3.8) is 0 Å². The summed E-state index contributed by atoms with van der Waals surface area (Å²) in [4.78, 5) is 33.0. The molecule has 0 atom stereocenters. The van der Waals surface area contributed by atoms with Crippen molar-refractivity contribution >= 4 is 17.9 Å².